The normalized spacial score (nSPS) is 11.5. The van der Waals surface area contributed by atoms with Crippen LogP contribution < -0.4 is 16.2 Å². The Morgan fingerprint density at radius 3 is 2.82 bits per heavy atom. The molecule has 0 aliphatic heterocycles. The van der Waals surface area contributed by atoms with Crippen molar-refractivity contribution in [2.24, 2.45) is 0 Å². The predicted octanol–water partition coefficient (Wildman–Crippen LogP) is 2.69. The molecule has 3 N–H and O–H groups in total. The third-order valence-electron chi connectivity index (χ3n) is 4.77. The van der Waals surface area contributed by atoms with Gasteiger partial charge >= 0.3 is 5.92 Å². The summed E-state index contributed by atoms with van der Waals surface area (Å²) in [6.45, 7) is -1.13. The summed E-state index contributed by atoms with van der Waals surface area (Å²) in [6, 6.07) is 7.87. The zero-order chi connectivity index (χ0) is 23.4. The van der Waals surface area contributed by atoms with E-state index in [1.165, 1.54) is 24.4 Å². The van der Waals surface area contributed by atoms with Gasteiger partial charge in [0.25, 0.3) is 5.56 Å². The van der Waals surface area contributed by atoms with Gasteiger partial charge in [-0.05, 0) is 29.8 Å². The number of carbonyl (C=O) groups excluding carboxylic acids is 1. The molecule has 12 heteroatoms. The van der Waals surface area contributed by atoms with Gasteiger partial charge in [0.1, 0.15) is 23.0 Å². The Morgan fingerprint density at radius 2 is 2.03 bits per heavy atom. The number of nitrogens with zero attached hydrogens (tertiary/aromatic N) is 4. The van der Waals surface area contributed by atoms with Gasteiger partial charge in [0.15, 0.2) is 5.82 Å². The van der Waals surface area contributed by atoms with Crippen molar-refractivity contribution in [2.45, 2.75) is 19.0 Å². The van der Waals surface area contributed by atoms with E-state index in [2.05, 4.69) is 30.6 Å². The SMILES string of the molecule is O=C(Cn1c(Cl)cnc(NCC(F)(F)c2ccccn2)c1=O)NCc1cnc2[nH]ccc2c1. The number of fused-ring (bicyclic) bond motifs is 1. The van der Waals surface area contributed by atoms with Crippen LogP contribution in [0.3, 0.4) is 0 Å². The van der Waals surface area contributed by atoms with E-state index in [1.807, 2.05) is 12.1 Å². The second-order valence-corrected chi connectivity index (χ2v) is 7.52. The molecule has 4 aromatic rings. The van der Waals surface area contributed by atoms with Crippen LogP contribution in [0.1, 0.15) is 11.3 Å². The number of aromatic nitrogens is 5. The lowest BCUT2D eigenvalue weighted by atomic mass is 10.2. The second-order valence-electron chi connectivity index (χ2n) is 7.13. The molecule has 4 aromatic heterocycles. The molecular weight excluding hydrogens is 456 g/mol. The van der Waals surface area contributed by atoms with E-state index in [1.54, 1.807) is 12.4 Å². The number of carbonyl (C=O) groups is 1. The van der Waals surface area contributed by atoms with Gasteiger partial charge in [-0.25, -0.2) is 9.97 Å². The average Bonchev–Trinajstić information content (AvgIpc) is 3.28. The number of H-pyrrole nitrogens is 1. The smallest absolute Gasteiger partial charge is 0.306 e. The van der Waals surface area contributed by atoms with E-state index in [4.69, 9.17) is 11.6 Å². The fourth-order valence-electron chi connectivity index (χ4n) is 3.08. The van der Waals surface area contributed by atoms with Crippen molar-refractivity contribution in [3.63, 3.8) is 0 Å². The maximum Gasteiger partial charge on any atom is 0.306 e. The number of halogens is 3. The third kappa shape index (κ3) is 5.14. The number of amides is 1. The molecule has 0 saturated carbocycles. The fourth-order valence-corrected chi connectivity index (χ4v) is 3.27. The van der Waals surface area contributed by atoms with E-state index in [9.17, 15) is 18.4 Å². The summed E-state index contributed by atoms with van der Waals surface area (Å²) in [5.41, 5.74) is 0.250. The van der Waals surface area contributed by atoms with Gasteiger partial charge < -0.3 is 15.6 Å². The van der Waals surface area contributed by atoms with Crippen LogP contribution in [0, 0.1) is 0 Å². The number of nitrogens with one attached hydrogen (secondary N) is 3. The summed E-state index contributed by atoms with van der Waals surface area (Å²) < 4.78 is 29.6. The molecule has 170 valence electrons. The molecule has 0 aliphatic carbocycles. The highest BCUT2D eigenvalue weighted by molar-refractivity contribution is 6.29. The standard InChI is InChI=1S/C21H18ClF2N7O2/c22-16-10-29-19(30-12-21(23,24)15-3-1-2-5-25-15)20(33)31(16)11-17(32)27-8-13-7-14-4-6-26-18(14)28-9-13/h1-7,9-10H,8,11-12H2,(H,26,28)(H,27,32)(H,29,30). The Morgan fingerprint density at radius 1 is 1.18 bits per heavy atom. The summed E-state index contributed by atoms with van der Waals surface area (Å²) in [6.07, 6.45) is 5.74. The quantitative estimate of drug-likeness (QED) is 0.362. The molecule has 0 atom stereocenters. The Bertz CT molecular complexity index is 1340. The third-order valence-corrected chi connectivity index (χ3v) is 5.07. The molecular formula is C21H18ClF2N7O2. The molecule has 0 aromatic carbocycles. The first-order chi connectivity index (χ1) is 15.8. The first-order valence-electron chi connectivity index (χ1n) is 9.81. The Hall–Kier alpha value is -3.86. The van der Waals surface area contributed by atoms with Gasteiger partial charge in [-0.2, -0.15) is 8.78 Å². The molecule has 0 radical (unpaired) electrons. The zero-order valence-electron chi connectivity index (χ0n) is 17.1. The van der Waals surface area contributed by atoms with Crippen molar-refractivity contribution in [2.75, 3.05) is 11.9 Å². The lowest BCUT2D eigenvalue weighted by Crippen LogP contribution is -2.35. The molecule has 0 unspecified atom stereocenters. The Kier molecular flexibility index (Phi) is 6.31. The van der Waals surface area contributed by atoms with E-state index >= 15 is 0 Å². The highest BCUT2D eigenvalue weighted by Crippen LogP contribution is 2.25. The van der Waals surface area contributed by atoms with Crippen molar-refractivity contribution in [1.29, 1.82) is 0 Å². The van der Waals surface area contributed by atoms with Crippen molar-refractivity contribution in [1.82, 2.24) is 29.8 Å². The minimum atomic E-state index is -3.34. The summed E-state index contributed by atoms with van der Waals surface area (Å²) in [5, 5.41) is 5.80. The van der Waals surface area contributed by atoms with Crippen LogP contribution in [0.2, 0.25) is 5.15 Å². The number of rotatable bonds is 8. The number of hydrogen-bond donors (Lipinski definition) is 3. The predicted molar refractivity (Wildman–Crippen MR) is 118 cm³/mol. The average molecular weight is 474 g/mol. The van der Waals surface area contributed by atoms with E-state index in [0.29, 0.717) is 0 Å². The largest absolute Gasteiger partial charge is 0.359 e. The van der Waals surface area contributed by atoms with Gasteiger partial charge in [-0.3, -0.25) is 19.1 Å². The molecule has 4 heterocycles. The first kappa shape index (κ1) is 22.3. The van der Waals surface area contributed by atoms with E-state index in [-0.39, 0.29) is 17.5 Å². The first-order valence-corrected chi connectivity index (χ1v) is 10.2. The number of alkyl halides is 2. The molecule has 0 saturated heterocycles. The Labute approximate surface area is 190 Å². The van der Waals surface area contributed by atoms with Crippen LogP contribution >= 0.6 is 11.6 Å². The summed E-state index contributed by atoms with van der Waals surface area (Å²) in [4.78, 5) is 39.7. The zero-order valence-corrected chi connectivity index (χ0v) is 17.8. The van der Waals surface area contributed by atoms with Gasteiger partial charge in [0.05, 0.1) is 12.7 Å². The lowest BCUT2D eigenvalue weighted by molar-refractivity contribution is -0.121. The monoisotopic (exact) mass is 473 g/mol. The maximum atomic E-state index is 14.3. The van der Waals surface area contributed by atoms with Crippen LogP contribution in [0.5, 0.6) is 0 Å². The minimum Gasteiger partial charge on any atom is -0.359 e. The van der Waals surface area contributed by atoms with Gasteiger partial charge in [0.2, 0.25) is 5.91 Å². The molecule has 0 fully saturated rings. The van der Waals surface area contributed by atoms with Crippen molar-refractivity contribution in [3.05, 3.63) is 81.9 Å². The van der Waals surface area contributed by atoms with Crippen molar-refractivity contribution < 1.29 is 13.6 Å². The lowest BCUT2D eigenvalue weighted by Gasteiger charge is -2.17. The van der Waals surface area contributed by atoms with Gasteiger partial charge in [-0.15, -0.1) is 0 Å². The van der Waals surface area contributed by atoms with Crippen molar-refractivity contribution in [3.8, 4) is 0 Å². The highest BCUT2D eigenvalue weighted by Gasteiger charge is 2.33. The molecule has 0 spiro atoms. The van der Waals surface area contributed by atoms with Crippen LogP contribution in [0.15, 0.2) is 59.9 Å². The summed E-state index contributed by atoms with van der Waals surface area (Å²) in [5.74, 6) is -4.19. The highest BCUT2D eigenvalue weighted by atomic mass is 35.5. The topological polar surface area (TPSA) is 118 Å². The summed E-state index contributed by atoms with van der Waals surface area (Å²) in [7, 11) is 0. The fraction of sp³-hybridized carbons (Fsp3) is 0.190. The molecule has 1 amide bonds. The van der Waals surface area contributed by atoms with Crippen LogP contribution in [-0.4, -0.2) is 37.0 Å². The summed E-state index contributed by atoms with van der Waals surface area (Å²) >= 11 is 6.02. The Balaban J connectivity index is 1.41. The van der Waals surface area contributed by atoms with E-state index < -0.39 is 36.2 Å². The molecule has 33 heavy (non-hydrogen) atoms. The molecule has 4 rings (SSSR count). The number of anilines is 1. The number of aromatic amines is 1. The number of pyridine rings is 2. The van der Waals surface area contributed by atoms with E-state index in [0.717, 1.165) is 27.4 Å². The number of hydrogen-bond acceptors (Lipinski definition) is 6. The molecule has 0 aliphatic rings. The van der Waals surface area contributed by atoms with Crippen LogP contribution in [-0.2, 0) is 23.8 Å². The van der Waals surface area contributed by atoms with Crippen LogP contribution in [0.4, 0.5) is 14.6 Å². The molecule has 9 nitrogen and oxygen atoms in total. The maximum absolute atomic E-state index is 14.3. The molecule has 0 bridgehead atoms. The van der Waals surface area contributed by atoms with Gasteiger partial charge in [0, 0.05) is 30.5 Å². The minimum absolute atomic E-state index is 0.104. The van der Waals surface area contributed by atoms with Gasteiger partial charge in [-0.1, -0.05) is 17.7 Å². The second kappa shape index (κ2) is 9.33. The van der Waals surface area contributed by atoms with Crippen molar-refractivity contribution >= 4 is 34.4 Å². The van der Waals surface area contributed by atoms with Crippen LogP contribution in [0.25, 0.3) is 11.0 Å².